The van der Waals surface area contributed by atoms with Crippen molar-refractivity contribution < 1.29 is 18.0 Å². The summed E-state index contributed by atoms with van der Waals surface area (Å²) in [4.78, 5) is 11.8. The van der Waals surface area contributed by atoms with Gasteiger partial charge < -0.3 is 5.73 Å². The summed E-state index contributed by atoms with van der Waals surface area (Å²) in [6, 6.07) is 4.19. The molecule has 0 amide bonds. The fraction of sp³-hybridized carbons (Fsp3) is 0.500. The Morgan fingerprint density at radius 3 is 2.47 bits per heavy atom. The van der Waals surface area contributed by atoms with E-state index in [4.69, 9.17) is 5.73 Å². The van der Waals surface area contributed by atoms with Crippen LogP contribution in [0.5, 0.6) is 0 Å². The third kappa shape index (κ3) is 5.03. The summed E-state index contributed by atoms with van der Waals surface area (Å²) in [6.45, 7) is 3.88. The Hall–Kier alpha value is -1.36. The predicted molar refractivity (Wildman–Crippen MR) is 67.6 cm³/mol. The van der Waals surface area contributed by atoms with Crippen molar-refractivity contribution in [3.8, 4) is 0 Å². The van der Waals surface area contributed by atoms with Crippen LogP contribution in [-0.2, 0) is 17.4 Å². The lowest BCUT2D eigenvalue weighted by Gasteiger charge is -2.13. The summed E-state index contributed by atoms with van der Waals surface area (Å²) in [7, 11) is 0. The summed E-state index contributed by atoms with van der Waals surface area (Å²) >= 11 is 0. The summed E-state index contributed by atoms with van der Waals surface area (Å²) in [5.41, 5.74) is 5.32. The summed E-state index contributed by atoms with van der Waals surface area (Å²) in [6.07, 6.45) is -3.91. The number of nitrogens with two attached hydrogens (primary N) is 1. The molecule has 1 aromatic carbocycles. The maximum absolute atomic E-state index is 12.5. The highest BCUT2D eigenvalue weighted by Crippen LogP contribution is 2.29. The third-order valence-electron chi connectivity index (χ3n) is 2.77. The van der Waals surface area contributed by atoms with Crippen molar-refractivity contribution in [1.82, 2.24) is 0 Å². The van der Waals surface area contributed by atoms with E-state index < -0.39 is 17.8 Å². The first-order valence-corrected chi connectivity index (χ1v) is 6.14. The Bertz CT molecular complexity index is 441. The van der Waals surface area contributed by atoms with Crippen molar-refractivity contribution in [3.05, 3.63) is 35.4 Å². The van der Waals surface area contributed by atoms with Gasteiger partial charge in [-0.3, -0.25) is 4.79 Å². The molecule has 0 heterocycles. The van der Waals surface area contributed by atoms with Gasteiger partial charge in [0.2, 0.25) is 0 Å². The monoisotopic (exact) mass is 273 g/mol. The van der Waals surface area contributed by atoms with Crippen LogP contribution in [0.4, 0.5) is 13.2 Å². The Balaban J connectivity index is 2.75. The Morgan fingerprint density at radius 2 is 1.95 bits per heavy atom. The van der Waals surface area contributed by atoms with Gasteiger partial charge in [0.05, 0.1) is 11.6 Å². The number of alkyl halides is 3. The highest BCUT2D eigenvalue weighted by atomic mass is 19.4. The first-order valence-electron chi connectivity index (χ1n) is 6.14. The van der Waals surface area contributed by atoms with Gasteiger partial charge in [-0.25, -0.2) is 0 Å². The molecule has 0 bridgehead atoms. The average molecular weight is 273 g/mol. The van der Waals surface area contributed by atoms with Crippen LogP contribution >= 0.6 is 0 Å². The van der Waals surface area contributed by atoms with Crippen molar-refractivity contribution >= 4 is 5.78 Å². The molecule has 0 spiro atoms. The van der Waals surface area contributed by atoms with E-state index in [1.54, 1.807) is 0 Å². The number of carbonyl (C=O) groups is 1. The molecule has 1 aromatic rings. The maximum Gasteiger partial charge on any atom is 0.416 e. The van der Waals surface area contributed by atoms with Crippen molar-refractivity contribution in [1.29, 1.82) is 0 Å². The highest BCUT2D eigenvalue weighted by molar-refractivity contribution is 5.85. The van der Waals surface area contributed by atoms with Gasteiger partial charge in [0, 0.05) is 6.42 Å². The molecule has 0 aliphatic rings. The third-order valence-corrected chi connectivity index (χ3v) is 2.77. The molecule has 5 heteroatoms. The number of ketones is 1. The van der Waals surface area contributed by atoms with Crippen LogP contribution in [0, 0.1) is 5.92 Å². The van der Waals surface area contributed by atoms with Crippen molar-refractivity contribution in [3.63, 3.8) is 0 Å². The van der Waals surface area contributed by atoms with Gasteiger partial charge in [-0.05, 0) is 24.0 Å². The zero-order valence-corrected chi connectivity index (χ0v) is 11.0. The average Bonchev–Trinajstić information content (AvgIpc) is 2.27. The number of carbonyl (C=O) groups excluding carboxylic acids is 1. The second kappa shape index (κ2) is 6.19. The van der Waals surface area contributed by atoms with Gasteiger partial charge in [0.1, 0.15) is 0 Å². The zero-order chi connectivity index (χ0) is 14.6. The molecule has 2 N–H and O–H groups in total. The first-order chi connectivity index (χ1) is 8.70. The molecule has 19 heavy (non-hydrogen) atoms. The molecule has 0 saturated carbocycles. The van der Waals surface area contributed by atoms with E-state index in [2.05, 4.69) is 0 Å². The SMILES string of the molecule is CC(C)CC(N)C(=O)Cc1cccc(C(F)(F)F)c1. The topological polar surface area (TPSA) is 43.1 Å². The van der Waals surface area contributed by atoms with E-state index in [1.807, 2.05) is 13.8 Å². The highest BCUT2D eigenvalue weighted by Gasteiger charge is 2.30. The summed E-state index contributed by atoms with van der Waals surface area (Å²) in [5.74, 6) is 0.0495. The summed E-state index contributed by atoms with van der Waals surface area (Å²) in [5, 5.41) is 0. The minimum Gasteiger partial charge on any atom is -0.321 e. The van der Waals surface area contributed by atoms with Gasteiger partial charge in [-0.2, -0.15) is 13.2 Å². The van der Waals surface area contributed by atoms with E-state index in [1.165, 1.54) is 12.1 Å². The second-order valence-electron chi connectivity index (χ2n) is 5.08. The van der Waals surface area contributed by atoms with Crippen LogP contribution < -0.4 is 5.73 Å². The fourth-order valence-corrected chi connectivity index (χ4v) is 1.83. The minimum absolute atomic E-state index is 0.0577. The van der Waals surface area contributed by atoms with Crippen LogP contribution in [0.2, 0.25) is 0 Å². The van der Waals surface area contributed by atoms with Gasteiger partial charge in [-0.15, -0.1) is 0 Å². The molecule has 1 unspecified atom stereocenters. The molecule has 0 aromatic heterocycles. The molecule has 106 valence electrons. The molecule has 0 radical (unpaired) electrons. The molecular weight excluding hydrogens is 255 g/mol. The van der Waals surface area contributed by atoms with Crippen LogP contribution in [0.25, 0.3) is 0 Å². The van der Waals surface area contributed by atoms with Crippen molar-refractivity contribution in [2.24, 2.45) is 11.7 Å². The molecule has 0 aliphatic carbocycles. The number of hydrogen-bond donors (Lipinski definition) is 1. The normalized spacial score (nSPS) is 13.6. The predicted octanol–water partition coefficient (Wildman–Crippen LogP) is 3.19. The number of Topliss-reactive ketones (excluding diaryl/α,β-unsaturated/α-hetero) is 1. The summed E-state index contributed by atoms with van der Waals surface area (Å²) < 4.78 is 37.6. The fourth-order valence-electron chi connectivity index (χ4n) is 1.83. The standard InChI is InChI=1S/C14H18F3NO/c1-9(2)6-12(18)13(19)8-10-4-3-5-11(7-10)14(15,16)17/h3-5,7,9,12H,6,8,18H2,1-2H3. The van der Waals surface area contributed by atoms with Gasteiger partial charge in [0.25, 0.3) is 0 Å². The lowest BCUT2D eigenvalue weighted by molar-refractivity contribution is -0.137. The molecular formula is C14H18F3NO. The Kier molecular flexibility index (Phi) is 5.11. The molecule has 0 fully saturated rings. The van der Waals surface area contributed by atoms with Gasteiger partial charge in [0.15, 0.2) is 5.78 Å². The Morgan fingerprint density at radius 1 is 1.32 bits per heavy atom. The smallest absolute Gasteiger partial charge is 0.321 e. The van der Waals surface area contributed by atoms with E-state index in [9.17, 15) is 18.0 Å². The van der Waals surface area contributed by atoms with Crippen LogP contribution in [0.3, 0.4) is 0 Å². The maximum atomic E-state index is 12.5. The first kappa shape index (κ1) is 15.7. The second-order valence-corrected chi connectivity index (χ2v) is 5.08. The Labute approximate surface area is 110 Å². The van der Waals surface area contributed by atoms with Crippen molar-refractivity contribution in [2.45, 2.75) is 38.9 Å². The molecule has 2 nitrogen and oxygen atoms in total. The lowest BCUT2D eigenvalue weighted by Crippen LogP contribution is -2.33. The number of rotatable bonds is 5. The van der Waals surface area contributed by atoms with Crippen LogP contribution in [0.15, 0.2) is 24.3 Å². The van der Waals surface area contributed by atoms with E-state index >= 15 is 0 Å². The molecule has 0 aliphatic heterocycles. The molecule has 0 saturated heterocycles. The van der Waals surface area contributed by atoms with Gasteiger partial charge >= 0.3 is 6.18 Å². The van der Waals surface area contributed by atoms with Crippen LogP contribution in [0.1, 0.15) is 31.4 Å². The van der Waals surface area contributed by atoms with E-state index in [0.29, 0.717) is 12.0 Å². The minimum atomic E-state index is -4.39. The quantitative estimate of drug-likeness (QED) is 0.895. The van der Waals surface area contributed by atoms with Crippen LogP contribution in [-0.4, -0.2) is 11.8 Å². The molecule has 1 rings (SSSR count). The molecule has 1 atom stereocenters. The zero-order valence-electron chi connectivity index (χ0n) is 11.0. The number of halogens is 3. The number of hydrogen-bond acceptors (Lipinski definition) is 2. The largest absolute Gasteiger partial charge is 0.416 e. The van der Waals surface area contributed by atoms with Gasteiger partial charge in [-0.1, -0.05) is 32.0 Å². The van der Waals surface area contributed by atoms with Crippen molar-refractivity contribution in [2.75, 3.05) is 0 Å². The van der Waals surface area contributed by atoms with E-state index in [0.717, 1.165) is 12.1 Å². The van der Waals surface area contributed by atoms with E-state index in [-0.39, 0.29) is 18.1 Å². The number of benzene rings is 1. The lowest BCUT2D eigenvalue weighted by atomic mass is 9.96.